The van der Waals surface area contributed by atoms with Crippen molar-refractivity contribution in [1.82, 2.24) is 10.2 Å². The van der Waals surface area contributed by atoms with Crippen molar-refractivity contribution in [3.8, 4) is 11.1 Å². The zero-order chi connectivity index (χ0) is 15.2. The number of rotatable bonds is 7. The summed E-state index contributed by atoms with van der Waals surface area (Å²) in [6.07, 6.45) is 7.42. The van der Waals surface area contributed by atoms with Crippen molar-refractivity contribution in [3.05, 3.63) is 35.0 Å². The SMILES string of the molecule is CCCCCCCc1[nH]nc(N)c1-c1ccc(C)c(C)c1. The normalized spacial score (nSPS) is 11.0. The molecule has 0 unspecified atom stereocenters. The third-order valence-electron chi connectivity index (χ3n) is 4.20. The molecular weight excluding hydrogens is 258 g/mol. The highest BCUT2D eigenvalue weighted by Gasteiger charge is 2.13. The molecular formula is C18H27N3. The summed E-state index contributed by atoms with van der Waals surface area (Å²) in [6, 6.07) is 6.50. The number of nitrogen functional groups attached to an aromatic ring is 1. The minimum atomic E-state index is 0.613. The molecule has 0 amide bonds. The summed E-state index contributed by atoms with van der Waals surface area (Å²) in [5, 5.41) is 7.34. The molecule has 0 fully saturated rings. The van der Waals surface area contributed by atoms with Gasteiger partial charge in [0.15, 0.2) is 5.82 Å². The topological polar surface area (TPSA) is 54.7 Å². The van der Waals surface area contributed by atoms with Gasteiger partial charge in [0.1, 0.15) is 0 Å². The number of anilines is 1. The van der Waals surface area contributed by atoms with E-state index in [0.29, 0.717) is 5.82 Å². The van der Waals surface area contributed by atoms with Gasteiger partial charge in [-0.1, -0.05) is 50.8 Å². The van der Waals surface area contributed by atoms with E-state index in [1.807, 2.05) is 0 Å². The summed E-state index contributed by atoms with van der Waals surface area (Å²) in [6.45, 7) is 6.51. The van der Waals surface area contributed by atoms with Crippen molar-refractivity contribution in [2.75, 3.05) is 5.73 Å². The maximum Gasteiger partial charge on any atom is 0.153 e. The fourth-order valence-electron chi connectivity index (χ4n) is 2.70. The lowest BCUT2D eigenvalue weighted by molar-refractivity contribution is 0.628. The largest absolute Gasteiger partial charge is 0.382 e. The van der Waals surface area contributed by atoms with E-state index in [-0.39, 0.29) is 0 Å². The molecule has 0 aliphatic heterocycles. The molecule has 1 aromatic carbocycles. The molecule has 3 heteroatoms. The molecule has 0 aliphatic carbocycles. The number of hydrogen-bond donors (Lipinski definition) is 2. The smallest absolute Gasteiger partial charge is 0.153 e. The van der Waals surface area contributed by atoms with Crippen LogP contribution in [0.4, 0.5) is 5.82 Å². The molecule has 1 aromatic heterocycles. The third-order valence-corrected chi connectivity index (χ3v) is 4.20. The predicted octanol–water partition coefficient (Wildman–Crippen LogP) is 4.79. The van der Waals surface area contributed by atoms with Gasteiger partial charge >= 0.3 is 0 Å². The molecule has 0 spiro atoms. The minimum absolute atomic E-state index is 0.613. The van der Waals surface area contributed by atoms with Crippen LogP contribution >= 0.6 is 0 Å². The van der Waals surface area contributed by atoms with Crippen molar-refractivity contribution in [2.45, 2.75) is 59.3 Å². The Hall–Kier alpha value is -1.77. The fourth-order valence-corrected chi connectivity index (χ4v) is 2.70. The quantitative estimate of drug-likeness (QED) is 0.719. The average molecular weight is 285 g/mol. The molecule has 2 aromatic rings. The van der Waals surface area contributed by atoms with Crippen molar-refractivity contribution < 1.29 is 0 Å². The van der Waals surface area contributed by atoms with E-state index in [1.165, 1.54) is 54.5 Å². The van der Waals surface area contributed by atoms with Gasteiger partial charge in [-0.05, 0) is 43.4 Å². The van der Waals surface area contributed by atoms with E-state index in [0.717, 1.165) is 12.0 Å². The van der Waals surface area contributed by atoms with Crippen molar-refractivity contribution in [1.29, 1.82) is 0 Å². The Bertz CT molecular complexity index is 584. The van der Waals surface area contributed by atoms with E-state index >= 15 is 0 Å². The first kappa shape index (κ1) is 15.6. The van der Waals surface area contributed by atoms with Crippen molar-refractivity contribution in [3.63, 3.8) is 0 Å². The number of nitrogens with two attached hydrogens (primary N) is 1. The molecule has 0 radical (unpaired) electrons. The van der Waals surface area contributed by atoms with Gasteiger partial charge < -0.3 is 5.73 Å². The van der Waals surface area contributed by atoms with Crippen molar-refractivity contribution in [2.24, 2.45) is 0 Å². The molecule has 0 saturated carbocycles. The number of hydrogen-bond acceptors (Lipinski definition) is 2. The lowest BCUT2D eigenvalue weighted by Gasteiger charge is -2.07. The maximum atomic E-state index is 6.07. The highest BCUT2D eigenvalue weighted by molar-refractivity contribution is 5.76. The Morgan fingerprint density at radius 1 is 1.05 bits per heavy atom. The van der Waals surface area contributed by atoms with Crippen LogP contribution in [0.2, 0.25) is 0 Å². The van der Waals surface area contributed by atoms with Crippen LogP contribution in [0, 0.1) is 13.8 Å². The Morgan fingerprint density at radius 2 is 1.81 bits per heavy atom. The van der Waals surface area contributed by atoms with Crippen LogP contribution < -0.4 is 5.73 Å². The van der Waals surface area contributed by atoms with E-state index in [1.54, 1.807) is 0 Å². The Balaban J connectivity index is 2.12. The van der Waals surface area contributed by atoms with Crippen LogP contribution in [0.1, 0.15) is 55.8 Å². The number of unbranched alkanes of at least 4 members (excludes halogenated alkanes) is 4. The molecule has 3 nitrogen and oxygen atoms in total. The van der Waals surface area contributed by atoms with E-state index in [9.17, 15) is 0 Å². The molecule has 21 heavy (non-hydrogen) atoms. The molecule has 0 aliphatic rings. The second kappa shape index (κ2) is 7.30. The van der Waals surface area contributed by atoms with Crippen LogP contribution in [0.5, 0.6) is 0 Å². The standard InChI is InChI=1S/C18H27N3/c1-4-5-6-7-8-9-16-17(18(19)21-20-16)15-11-10-13(2)14(3)12-15/h10-12H,4-9H2,1-3H3,(H3,19,20,21). The monoisotopic (exact) mass is 285 g/mol. The van der Waals surface area contributed by atoms with Crippen LogP contribution in [0.3, 0.4) is 0 Å². The first-order valence-electron chi connectivity index (χ1n) is 8.03. The Morgan fingerprint density at radius 3 is 2.52 bits per heavy atom. The Labute approximate surface area is 128 Å². The zero-order valence-electron chi connectivity index (χ0n) is 13.5. The van der Waals surface area contributed by atoms with Crippen molar-refractivity contribution >= 4 is 5.82 Å². The van der Waals surface area contributed by atoms with Gasteiger partial charge in [0.05, 0.1) is 0 Å². The van der Waals surface area contributed by atoms with Crippen LogP contribution in [-0.2, 0) is 6.42 Å². The fraction of sp³-hybridized carbons (Fsp3) is 0.500. The van der Waals surface area contributed by atoms with E-state index in [2.05, 4.69) is 49.2 Å². The third kappa shape index (κ3) is 3.87. The second-order valence-corrected chi connectivity index (χ2v) is 5.93. The van der Waals surface area contributed by atoms with Crippen LogP contribution in [-0.4, -0.2) is 10.2 Å². The number of nitrogens with one attached hydrogen (secondary N) is 1. The van der Waals surface area contributed by atoms with Gasteiger partial charge in [0, 0.05) is 11.3 Å². The molecule has 0 saturated heterocycles. The Kier molecular flexibility index (Phi) is 5.43. The summed E-state index contributed by atoms with van der Waals surface area (Å²) in [5.74, 6) is 0.613. The van der Waals surface area contributed by atoms with Gasteiger partial charge in [-0.2, -0.15) is 5.10 Å². The zero-order valence-corrected chi connectivity index (χ0v) is 13.5. The summed E-state index contributed by atoms with van der Waals surface area (Å²) in [4.78, 5) is 0. The number of benzene rings is 1. The summed E-state index contributed by atoms with van der Waals surface area (Å²) >= 11 is 0. The first-order valence-corrected chi connectivity index (χ1v) is 8.03. The van der Waals surface area contributed by atoms with Crippen LogP contribution in [0.15, 0.2) is 18.2 Å². The van der Waals surface area contributed by atoms with Crippen LogP contribution in [0.25, 0.3) is 11.1 Å². The number of aromatic nitrogens is 2. The van der Waals surface area contributed by atoms with Gasteiger partial charge in [0.25, 0.3) is 0 Å². The molecule has 0 bridgehead atoms. The summed E-state index contributed by atoms with van der Waals surface area (Å²) in [7, 11) is 0. The van der Waals surface area contributed by atoms with Gasteiger partial charge in [0.2, 0.25) is 0 Å². The maximum absolute atomic E-state index is 6.07. The highest BCUT2D eigenvalue weighted by atomic mass is 15.2. The van der Waals surface area contributed by atoms with E-state index in [4.69, 9.17) is 5.73 Å². The molecule has 114 valence electrons. The summed E-state index contributed by atoms with van der Waals surface area (Å²) < 4.78 is 0. The minimum Gasteiger partial charge on any atom is -0.382 e. The number of nitrogens with zero attached hydrogens (tertiary/aromatic N) is 1. The molecule has 1 heterocycles. The predicted molar refractivity (Wildman–Crippen MR) is 90.4 cm³/mol. The number of aryl methyl sites for hydroxylation is 3. The number of aromatic amines is 1. The second-order valence-electron chi connectivity index (χ2n) is 5.93. The number of H-pyrrole nitrogens is 1. The van der Waals surface area contributed by atoms with Gasteiger partial charge in [-0.15, -0.1) is 0 Å². The lowest BCUT2D eigenvalue weighted by atomic mass is 9.98. The molecule has 0 atom stereocenters. The first-order chi connectivity index (χ1) is 10.1. The average Bonchev–Trinajstić information content (AvgIpc) is 2.83. The molecule has 2 rings (SSSR count). The van der Waals surface area contributed by atoms with Gasteiger partial charge in [-0.3, -0.25) is 5.10 Å². The van der Waals surface area contributed by atoms with Gasteiger partial charge in [-0.25, -0.2) is 0 Å². The summed E-state index contributed by atoms with van der Waals surface area (Å²) in [5.41, 5.74) is 12.1. The lowest BCUT2D eigenvalue weighted by Crippen LogP contribution is -1.93. The molecule has 3 N–H and O–H groups in total. The van der Waals surface area contributed by atoms with E-state index < -0.39 is 0 Å². The highest BCUT2D eigenvalue weighted by Crippen LogP contribution is 2.30.